The Balaban J connectivity index is 1.64. The van der Waals surface area contributed by atoms with Crippen LogP contribution in [0.3, 0.4) is 0 Å². The predicted molar refractivity (Wildman–Crippen MR) is 80.1 cm³/mol. The van der Waals surface area contributed by atoms with Crippen molar-refractivity contribution in [2.45, 2.75) is 25.5 Å². The molecule has 0 aliphatic carbocycles. The summed E-state index contributed by atoms with van der Waals surface area (Å²) in [6, 6.07) is 11.5. The van der Waals surface area contributed by atoms with Gasteiger partial charge in [0.2, 0.25) is 0 Å². The topological polar surface area (TPSA) is 43.3 Å². The Morgan fingerprint density at radius 1 is 1.25 bits per heavy atom. The van der Waals surface area contributed by atoms with E-state index in [0.717, 1.165) is 43.4 Å². The van der Waals surface area contributed by atoms with E-state index in [1.807, 2.05) is 34.9 Å². The molecule has 4 heteroatoms. The van der Waals surface area contributed by atoms with Crippen LogP contribution in [0.1, 0.15) is 12.8 Å². The number of pyridine rings is 1. The summed E-state index contributed by atoms with van der Waals surface area (Å²) in [6.07, 6.45) is 2.65. The third-order valence-corrected chi connectivity index (χ3v) is 3.81. The number of nitrogens with zero attached hydrogens (tertiary/aromatic N) is 1. The Kier molecular flexibility index (Phi) is 4.14. The zero-order valence-corrected chi connectivity index (χ0v) is 11.5. The van der Waals surface area contributed by atoms with E-state index in [0.29, 0.717) is 12.6 Å². The van der Waals surface area contributed by atoms with Gasteiger partial charge in [-0.15, -0.1) is 0 Å². The van der Waals surface area contributed by atoms with Gasteiger partial charge in [-0.3, -0.25) is 4.79 Å². The summed E-state index contributed by atoms with van der Waals surface area (Å²) in [6.45, 7) is 3.23. The van der Waals surface area contributed by atoms with Gasteiger partial charge >= 0.3 is 0 Å². The Hall–Kier alpha value is -1.65. The highest BCUT2D eigenvalue weighted by molar-refractivity contribution is 5.78. The largest absolute Gasteiger partial charge is 0.377 e. The molecule has 4 nitrogen and oxygen atoms in total. The fourth-order valence-electron chi connectivity index (χ4n) is 2.73. The highest BCUT2D eigenvalue weighted by atomic mass is 16.5. The van der Waals surface area contributed by atoms with E-state index in [1.54, 1.807) is 6.07 Å². The lowest BCUT2D eigenvalue weighted by molar-refractivity contribution is 0.110. The lowest BCUT2D eigenvalue weighted by atomic mass is 10.2. The molecule has 1 aromatic carbocycles. The van der Waals surface area contributed by atoms with Gasteiger partial charge in [-0.25, -0.2) is 0 Å². The first-order chi connectivity index (χ1) is 9.84. The molecule has 2 aromatic rings. The van der Waals surface area contributed by atoms with Crippen LogP contribution in [-0.4, -0.2) is 30.4 Å². The number of nitrogens with one attached hydrogen (secondary N) is 1. The van der Waals surface area contributed by atoms with Crippen LogP contribution in [0.15, 0.2) is 41.2 Å². The number of benzene rings is 1. The summed E-state index contributed by atoms with van der Waals surface area (Å²) in [5.41, 5.74) is 1.06. The molecule has 0 amide bonds. The maximum absolute atomic E-state index is 12.0. The lowest BCUT2D eigenvalue weighted by Crippen LogP contribution is -2.31. The third kappa shape index (κ3) is 2.92. The molecule has 0 saturated carbocycles. The molecule has 1 N–H and O–H groups in total. The standard InChI is InChI=1S/C16H20N2O2/c19-16-8-7-13-4-1-2-6-15(13)18(16)10-9-17-12-14-5-3-11-20-14/h1-2,4,6-8,14,17H,3,5,9-12H2. The minimum absolute atomic E-state index is 0.0580. The van der Waals surface area contributed by atoms with E-state index in [1.165, 1.54) is 0 Å². The van der Waals surface area contributed by atoms with Gasteiger partial charge < -0.3 is 14.6 Å². The monoisotopic (exact) mass is 272 g/mol. The van der Waals surface area contributed by atoms with Crippen molar-refractivity contribution in [3.8, 4) is 0 Å². The Bertz CT molecular complexity index is 630. The molecule has 0 radical (unpaired) electrons. The number of fused-ring (bicyclic) bond motifs is 1. The predicted octanol–water partition coefficient (Wildman–Crippen LogP) is 1.77. The molecule has 0 spiro atoms. The van der Waals surface area contributed by atoms with Crippen LogP contribution >= 0.6 is 0 Å². The molecule has 1 fully saturated rings. The van der Waals surface area contributed by atoms with Crippen LogP contribution in [0.25, 0.3) is 10.9 Å². The van der Waals surface area contributed by atoms with Crippen LogP contribution < -0.4 is 10.9 Å². The molecule has 1 saturated heterocycles. The van der Waals surface area contributed by atoms with E-state index >= 15 is 0 Å². The highest BCUT2D eigenvalue weighted by Gasteiger charge is 2.14. The highest BCUT2D eigenvalue weighted by Crippen LogP contribution is 2.11. The summed E-state index contributed by atoms with van der Waals surface area (Å²) < 4.78 is 7.40. The van der Waals surface area contributed by atoms with Crippen LogP contribution in [-0.2, 0) is 11.3 Å². The lowest BCUT2D eigenvalue weighted by Gasteiger charge is -2.13. The molecule has 1 aromatic heterocycles. The zero-order valence-electron chi connectivity index (χ0n) is 11.5. The third-order valence-electron chi connectivity index (χ3n) is 3.81. The average molecular weight is 272 g/mol. The first-order valence-corrected chi connectivity index (χ1v) is 7.25. The molecule has 106 valence electrons. The maximum atomic E-state index is 12.0. The van der Waals surface area contributed by atoms with Crippen molar-refractivity contribution in [1.29, 1.82) is 0 Å². The minimum Gasteiger partial charge on any atom is -0.377 e. The number of aromatic nitrogens is 1. The number of para-hydroxylation sites is 1. The molecule has 1 aliphatic rings. The molecule has 0 bridgehead atoms. The first-order valence-electron chi connectivity index (χ1n) is 7.25. The fourth-order valence-corrected chi connectivity index (χ4v) is 2.73. The van der Waals surface area contributed by atoms with Crippen LogP contribution in [0.2, 0.25) is 0 Å². The molecule has 1 unspecified atom stereocenters. The van der Waals surface area contributed by atoms with E-state index in [2.05, 4.69) is 5.32 Å². The second-order valence-electron chi connectivity index (χ2n) is 5.22. The van der Waals surface area contributed by atoms with Gasteiger partial charge in [-0.2, -0.15) is 0 Å². The van der Waals surface area contributed by atoms with E-state index in [9.17, 15) is 4.79 Å². The van der Waals surface area contributed by atoms with Crippen molar-refractivity contribution in [1.82, 2.24) is 9.88 Å². The normalized spacial score (nSPS) is 18.7. The molecule has 3 rings (SSSR count). The molecule has 2 heterocycles. The van der Waals surface area contributed by atoms with E-state index in [4.69, 9.17) is 4.74 Å². The quantitative estimate of drug-likeness (QED) is 0.844. The summed E-state index contributed by atoms with van der Waals surface area (Å²) in [5.74, 6) is 0. The SMILES string of the molecule is O=c1ccc2ccccc2n1CCNCC1CCCO1. The van der Waals surface area contributed by atoms with Crippen molar-refractivity contribution in [2.24, 2.45) is 0 Å². The van der Waals surface area contributed by atoms with Gasteiger partial charge in [0.25, 0.3) is 5.56 Å². The van der Waals surface area contributed by atoms with Gasteiger partial charge in [-0.1, -0.05) is 18.2 Å². The summed E-state index contributed by atoms with van der Waals surface area (Å²) in [5, 5.41) is 4.49. The van der Waals surface area contributed by atoms with Crippen molar-refractivity contribution < 1.29 is 4.74 Å². The first kappa shape index (κ1) is 13.3. The fraction of sp³-hybridized carbons (Fsp3) is 0.438. The number of rotatable bonds is 5. The van der Waals surface area contributed by atoms with Crippen molar-refractivity contribution >= 4 is 10.9 Å². The molecular formula is C16H20N2O2. The van der Waals surface area contributed by atoms with E-state index < -0.39 is 0 Å². The minimum atomic E-state index is 0.0580. The Morgan fingerprint density at radius 3 is 3.00 bits per heavy atom. The average Bonchev–Trinajstić information content (AvgIpc) is 2.98. The second-order valence-corrected chi connectivity index (χ2v) is 5.22. The van der Waals surface area contributed by atoms with Crippen molar-refractivity contribution in [3.63, 3.8) is 0 Å². The van der Waals surface area contributed by atoms with Crippen LogP contribution in [0, 0.1) is 0 Å². The summed E-state index contributed by atoms with van der Waals surface area (Å²) in [4.78, 5) is 12.0. The van der Waals surface area contributed by atoms with Gasteiger partial charge in [0.05, 0.1) is 11.6 Å². The number of ether oxygens (including phenoxy) is 1. The van der Waals surface area contributed by atoms with Gasteiger partial charge in [0, 0.05) is 32.3 Å². The van der Waals surface area contributed by atoms with Crippen molar-refractivity contribution in [2.75, 3.05) is 19.7 Å². The Morgan fingerprint density at radius 2 is 2.15 bits per heavy atom. The summed E-state index contributed by atoms with van der Waals surface area (Å²) >= 11 is 0. The number of hydrogen-bond acceptors (Lipinski definition) is 3. The molecule has 20 heavy (non-hydrogen) atoms. The van der Waals surface area contributed by atoms with Gasteiger partial charge in [0.1, 0.15) is 0 Å². The van der Waals surface area contributed by atoms with Gasteiger partial charge in [-0.05, 0) is 30.4 Å². The molecule has 1 atom stereocenters. The molecular weight excluding hydrogens is 252 g/mol. The second kappa shape index (κ2) is 6.20. The van der Waals surface area contributed by atoms with Crippen LogP contribution in [0.5, 0.6) is 0 Å². The smallest absolute Gasteiger partial charge is 0.251 e. The van der Waals surface area contributed by atoms with E-state index in [-0.39, 0.29) is 5.56 Å². The molecule has 1 aliphatic heterocycles. The Labute approximate surface area is 118 Å². The maximum Gasteiger partial charge on any atom is 0.251 e. The van der Waals surface area contributed by atoms with Gasteiger partial charge in [0.15, 0.2) is 0 Å². The number of hydrogen-bond donors (Lipinski definition) is 1. The van der Waals surface area contributed by atoms with Crippen LogP contribution in [0.4, 0.5) is 0 Å². The summed E-state index contributed by atoms with van der Waals surface area (Å²) in [7, 11) is 0. The van der Waals surface area contributed by atoms with Crippen molar-refractivity contribution in [3.05, 3.63) is 46.8 Å². The zero-order chi connectivity index (χ0) is 13.8.